The van der Waals surface area contributed by atoms with E-state index < -0.39 is 6.10 Å². The number of aliphatic hydroxyl groups is 1. The van der Waals surface area contributed by atoms with Crippen molar-refractivity contribution < 1.29 is 9.84 Å². The van der Waals surface area contributed by atoms with Crippen molar-refractivity contribution in [2.24, 2.45) is 5.92 Å². The highest BCUT2D eigenvalue weighted by atomic mass is 32.1. The lowest BCUT2D eigenvalue weighted by molar-refractivity contribution is -0.0189. The Morgan fingerprint density at radius 1 is 1.26 bits per heavy atom. The van der Waals surface area contributed by atoms with Crippen LogP contribution in [0.4, 0.5) is 0 Å². The highest BCUT2D eigenvalue weighted by Crippen LogP contribution is 2.35. The number of hydrogen-bond acceptors (Lipinski definition) is 6. The van der Waals surface area contributed by atoms with Gasteiger partial charge in [0, 0.05) is 17.5 Å². The van der Waals surface area contributed by atoms with Crippen LogP contribution in [0.25, 0.3) is 10.2 Å². The van der Waals surface area contributed by atoms with E-state index in [-0.39, 0.29) is 11.7 Å². The van der Waals surface area contributed by atoms with E-state index in [0.29, 0.717) is 37.5 Å². The maximum atomic E-state index is 13.0. The molecule has 0 radical (unpaired) electrons. The molecule has 1 fully saturated rings. The fourth-order valence-corrected chi connectivity index (χ4v) is 6.48. The topological polar surface area (TPSA) is 78.5 Å². The number of aliphatic hydroxyl groups excluding tert-OH is 1. The minimum atomic E-state index is -0.546. The number of nitrogens with one attached hydrogen (secondary N) is 1. The minimum Gasteiger partial charge on any atom is -0.389 e. The quantitative estimate of drug-likeness (QED) is 0.639. The summed E-state index contributed by atoms with van der Waals surface area (Å²) in [5.74, 6) is 1.39. The largest absolute Gasteiger partial charge is 0.389 e. The lowest BCUT2D eigenvalue weighted by Gasteiger charge is -2.35. The van der Waals surface area contributed by atoms with Crippen LogP contribution in [0.15, 0.2) is 4.79 Å². The van der Waals surface area contributed by atoms with Gasteiger partial charge in [0.2, 0.25) is 0 Å². The number of thiophene rings is 1. The summed E-state index contributed by atoms with van der Waals surface area (Å²) in [5, 5.41) is 11.4. The van der Waals surface area contributed by atoms with Gasteiger partial charge < -0.3 is 14.8 Å². The normalized spacial score (nSPS) is 21.2. The van der Waals surface area contributed by atoms with Gasteiger partial charge in [0.25, 0.3) is 5.56 Å². The number of hydrogen-bond donors (Lipinski definition) is 2. The minimum absolute atomic E-state index is 0.000614. The Labute approximate surface area is 189 Å². The summed E-state index contributed by atoms with van der Waals surface area (Å²) >= 11 is 1.70. The predicted octanol–water partition coefficient (Wildman–Crippen LogP) is 4.03. The van der Waals surface area contributed by atoms with Crippen molar-refractivity contribution in [2.75, 3.05) is 13.2 Å². The number of aromatic nitrogens is 2. The molecule has 2 atom stereocenters. The number of ether oxygens (including phenoxy) is 1. The molecule has 172 valence electrons. The summed E-state index contributed by atoms with van der Waals surface area (Å²) in [4.78, 5) is 25.5. The second kappa shape index (κ2) is 10.1. The molecule has 0 aromatic carbocycles. The second-order valence-corrected chi connectivity index (χ2v) is 10.9. The van der Waals surface area contributed by atoms with Crippen LogP contribution >= 0.6 is 11.3 Å². The van der Waals surface area contributed by atoms with Gasteiger partial charge in [0.15, 0.2) is 0 Å². The van der Waals surface area contributed by atoms with Crippen molar-refractivity contribution in [3.63, 3.8) is 0 Å². The fourth-order valence-electron chi connectivity index (χ4n) is 5.08. The van der Waals surface area contributed by atoms with Crippen LogP contribution in [0, 0.1) is 5.92 Å². The smallest absolute Gasteiger partial charge is 0.259 e. The molecule has 1 saturated carbocycles. The molecule has 2 unspecified atom stereocenters. The van der Waals surface area contributed by atoms with E-state index >= 15 is 0 Å². The van der Waals surface area contributed by atoms with Gasteiger partial charge in [-0.05, 0) is 57.4 Å². The van der Waals surface area contributed by atoms with E-state index in [2.05, 4.69) is 16.8 Å². The number of fused-ring (bicyclic) bond motifs is 3. The predicted molar refractivity (Wildman–Crippen MR) is 126 cm³/mol. The van der Waals surface area contributed by atoms with Crippen LogP contribution < -0.4 is 5.56 Å². The molecule has 4 rings (SSSR count). The Morgan fingerprint density at radius 3 is 2.77 bits per heavy atom. The van der Waals surface area contributed by atoms with Crippen LogP contribution in [-0.4, -0.2) is 51.4 Å². The number of nitrogens with zero attached hydrogens (tertiary/aromatic N) is 2. The molecule has 0 spiro atoms. The maximum Gasteiger partial charge on any atom is 0.259 e. The molecule has 0 bridgehead atoms. The van der Waals surface area contributed by atoms with E-state index in [0.717, 1.165) is 42.3 Å². The molecular formula is C24H37N3O3S. The standard InChI is InChI=1S/C24H37N3O3S/c1-15(2)30-14-18(28)12-27(17-7-5-4-6-8-17)13-21-25-23(29)22-19-10-9-16(3)11-20(19)31-24(22)26-21/h15-18,28H,4-14H2,1-3H3,(H,25,26,29). The van der Waals surface area contributed by atoms with E-state index in [1.807, 2.05) is 13.8 Å². The van der Waals surface area contributed by atoms with Crippen molar-refractivity contribution in [1.29, 1.82) is 0 Å². The van der Waals surface area contributed by atoms with Gasteiger partial charge in [-0.3, -0.25) is 9.69 Å². The first-order chi connectivity index (χ1) is 14.9. The molecule has 2 aromatic heterocycles. The molecule has 0 saturated heterocycles. The van der Waals surface area contributed by atoms with Crippen LogP contribution in [0.5, 0.6) is 0 Å². The van der Waals surface area contributed by atoms with E-state index in [9.17, 15) is 9.90 Å². The van der Waals surface area contributed by atoms with E-state index in [4.69, 9.17) is 9.72 Å². The highest BCUT2D eigenvalue weighted by molar-refractivity contribution is 7.18. The number of H-pyrrole nitrogens is 1. The first-order valence-corrected chi connectivity index (χ1v) is 12.8. The zero-order chi connectivity index (χ0) is 22.0. The summed E-state index contributed by atoms with van der Waals surface area (Å²) in [6, 6.07) is 0.417. The SMILES string of the molecule is CC1CCc2c(sc3nc(CN(CC(O)COC(C)C)C4CCCCC4)[nH]c(=O)c23)C1. The monoisotopic (exact) mass is 447 g/mol. The van der Waals surface area contributed by atoms with Gasteiger partial charge in [0.1, 0.15) is 10.7 Å². The number of aryl methyl sites for hydroxylation is 1. The van der Waals surface area contributed by atoms with E-state index in [1.165, 1.54) is 29.7 Å². The Bertz CT molecular complexity index is 932. The Balaban J connectivity index is 1.56. The maximum absolute atomic E-state index is 13.0. The average Bonchev–Trinajstić information content (AvgIpc) is 3.10. The van der Waals surface area contributed by atoms with Gasteiger partial charge in [-0.2, -0.15) is 0 Å². The molecule has 2 aliphatic rings. The summed E-state index contributed by atoms with van der Waals surface area (Å²) in [7, 11) is 0. The Morgan fingerprint density at radius 2 is 2.03 bits per heavy atom. The highest BCUT2D eigenvalue weighted by Gasteiger charge is 2.26. The van der Waals surface area contributed by atoms with Crippen LogP contribution in [0.2, 0.25) is 0 Å². The Kier molecular flexibility index (Phi) is 7.47. The molecular weight excluding hydrogens is 410 g/mol. The Hall–Kier alpha value is -1.28. The van der Waals surface area contributed by atoms with Crippen molar-refractivity contribution >= 4 is 21.6 Å². The van der Waals surface area contributed by atoms with Crippen molar-refractivity contribution in [1.82, 2.24) is 14.9 Å². The summed E-state index contributed by atoms with van der Waals surface area (Å²) < 4.78 is 5.63. The molecule has 2 N–H and O–H groups in total. The first kappa shape index (κ1) is 22.9. The summed E-state index contributed by atoms with van der Waals surface area (Å²) in [6.07, 6.45) is 8.73. The summed E-state index contributed by atoms with van der Waals surface area (Å²) in [5.41, 5.74) is 1.23. The molecule has 6 nitrogen and oxygen atoms in total. The fraction of sp³-hybridized carbons (Fsp3) is 0.750. The van der Waals surface area contributed by atoms with Crippen molar-refractivity contribution in [3.05, 3.63) is 26.6 Å². The molecule has 7 heteroatoms. The lowest BCUT2D eigenvalue weighted by Crippen LogP contribution is -2.43. The van der Waals surface area contributed by atoms with Gasteiger partial charge in [-0.15, -0.1) is 11.3 Å². The third-order valence-corrected chi connectivity index (χ3v) is 7.87. The van der Waals surface area contributed by atoms with Crippen LogP contribution in [0.1, 0.15) is 75.6 Å². The van der Waals surface area contributed by atoms with Gasteiger partial charge in [-0.1, -0.05) is 26.2 Å². The molecule has 31 heavy (non-hydrogen) atoms. The average molecular weight is 448 g/mol. The van der Waals surface area contributed by atoms with Crippen molar-refractivity contribution in [3.8, 4) is 0 Å². The third-order valence-electron chi connectivity index (χ3n) is 6.73. The second-order valence-electron chi connectivity index (χ2n) is 9.80. The van der Waals surface area contributed by atoms with Gasteiger partial charge >= 0.3 is 0 Å². The molecule has 2 aromatic rings. The molecule has 2 aliphatic carbocycles. The van der Waals surface area contributed by atoms with Gasteiger partial charge in [0.05, 0.1) is 30.7 Å². The lowest BCUT2D eigenvalue weighted by atomic mass is 9.89. The zero-order valence-corrected chi connectivity index (χ0v) is 20.0. The van der Waals surface area contributed by atoms with Gasteiger partial charge in [-0.25, -0.2) is 4.98 Å². The molecule has 0 aliphatic heterocycles. The van der Waals surface area contributed by atoms with Crippen LogP contribution in [0.3, 0.4) is 0 Å². The molecule has 0 amide bonds. The first-order valence-electron chi connectivity index (χ1n) is 12.0. The van der Waals surface area contributed by atoms with Crippen LogP contribution in [-0.2, 0) is 24.1 Å². The zero-order valence-electron chi connectivity index (χ0n) is 19.2. The number of rotatable bonds is 8. The van der Waals surface area contributed by atoms with Crippen molar-refractivity contribution in [2.45, 2.75) is 96.9 Å². The summed E-state index contributed by atoms with van der Waals surface area (Å²) in [6.45, 7) is 7.69. The number of aromatic amines is 1. The third kappa shape index (κ3) is 5.56. The molecule has 2 heterocycles. The van der Waals surface area contributed by atoms with E-state index in [1.54, 1.807) is 11.3 Å².